The van der Waals surface area contributed by atoms with Gasteiger partial charge in [-0.2, -0.15) is 0 Å². The van der Waals surface area contributed by atoms with Crippen molar-refractivity contribution < 1.29 is 16.4 Å². The highest BCUT2D eigenvalue weighted by Gasteiger charge is 2.26. The number of esters is 1. The number of hydrogen-bond acceptors (Lipinski definition) is 2. The van der Waals surface area contributed by atoms with Crippen molar-refractivity contribution in [3.63, 3.8) is 0 Å². The van der Waals surface area contributed by atoms with Crippen LogP contribution >= 0.6 is 0 Å². The van der Waals surface area contributed by atoms with Crippen molar-refractivity contribution in [1.29, 1.82) is 0 Å². The predicted octanol–water partition coefficient (Wildman–Crippen LogP) is 5.28. The molecule has 1 unspecified atom stereocenters. The van der Waals surface area contributed by atoms with Gasteiger partial charge in [0, 0.05) is 19.4 Å². The van der Waals surface area contributed by atoms with Crippen LogP contribution in [0, 0.1) is 5.41 Å². The number of cyclic esters (lactones) is 1. The second-order valence-electron chi connectivity index (χ2n) is 6.76. The van der Waals surface area contributed by atoms with Gasteiger partial charge in [0.15, 0.2) is 0 Å². The largest absolute Gasteiger partial charge is 0.455 e. The highest BCUT2D eigenvalue weighted by Crippen LogP contribution is 2.40. The molecule has 0 saturated heterocycles. The maximum absolute atomic E-state index is 11.5. The van der Waals surface area contributed by atoms with Gasteiger partial charge in [-0.15, -0.1) is 0 Å². The fourth-order valence-electron chi connectivity index (χ4n) is 2.84. The molecular formula is C20H28O2. The number of carbonyl (C=O) groups excluding carboxylic acids is 1. The van der Waals surface area contributed by atoms with E-state index < -0.39 is 18.6 Å². The average Bonchev–Trinajstić information content (AvgIpc) is 2.45. The Morgan fingerprint density at radius 1 is 1.55 bits per heavy atom. The molecule has 2 aliphatic rings. The van der Waals surface area contributed by atoms with Crippen LogP contribution in [0.25, 0.3) is 0 Å². The summed E-state index contributed by atoms with van der Waals surface area (Å²) >= 11 is 0. The first-order chi connectivity index (χ1) is 12.2. The summed E-state index contributed by atoms with van der Waals surface area (Å²) in [7, 11) is 0. The highest BCUT2D eigenvalue weighted by atomic mass is 16.5. The van der Waals surface area contributed by atoms with Crippen LogP contribution in [0.5, 0.6) is 0 Å². The van der Waals surface area contributed by atoms with Crippen LogP contribution < -0.4 is 0 Å². The van der Waals surface area contributed by atoms with Gasteiger partial charge in [0.25, 0.3) is 0 Å². The molecule has 1 aliphatic carbocycles. The fourth-order valence-corrected chi connectivity index (χ4v) is 2.84. The third-order valence-electron chi connectivity index (χ3n) is 4.17. The molecular weight excluding hydrogens is 272 g/mol. The normalized spacial score (nSPS) is 32.5. The van der Waals surface area contributed by atoms with E-state index >= 15 is 0 Å². The molecule has 1 aliphatic heterocycles. The van der Waals surface area contributed by atoms with Gasteiger partial charge in [-0.1, -0.05) is 42.7 Å². The first-order valence-corrected chi connectivity index (χ1v) is 7.72. The summed E-state index contributed by atoms with van der Waals surface area (Å²) in [5.74, 6) is -0.356. The maximum atomic E-state index is 11.5. The summed E-state index contributed by atoms with van der Waals surface area (Å²) in [5, 5.41) is 0. The Balaban J connectivity index is 2.38. The Labute approximate surface area is 141 Å². The minimum atomic E-state index is -2.49. The number of hydrogen-bond donors (Lipinski definition) is 0. The lowest BCUT2D eigenvalue weighted by atomic mass is 9.72. The van der Waals surface area contributed by atoms with E-state index in [-0.39, 0.29) is 24.1 Å². The van der Waals surface area contributed by atoms with Gasteiger partial charge in [0.1, 0.15) is 6.10 Å². The van der Waals surface area contributed by atoms with Gasteiger partial charge in [-0.25, -0.2) is 4.79 Å². The molecule has 0 spiro atoms. The molecule has 120 valence electrons. The molecule has 0 aromatic heterocycles. The predicted molar refractivity (Wildman–Crippen MR) is 91.5 cm³/mol. The zero-order valence-corrected chi connectivity index (χ0v) is 13.8. The van der Waals surface area contributed by atoms with E-state index in [9.17, 15) is 4.79 Å². The Hall–Kier alpha value is -1.57. The average molecular weight is 305 g/mol. The monoisotopic (exact) mass is 305 g/mol. The summed E-state index contributed by atoms with van der Waals surface area (Å²) in [6.07, 6.45) is 6.04. The standard InChI is InChI=1S/C20H28O2/c1-14(11-17-12-15(2)13-19(21)22-17)8-9-18-16(3)7-6-10-20(18,4)5/h8-9,11,13,17H,6-7,10,12H2,1-5H3/b9-8+,14-11+/i3D3,7D2. The van der Waals surface area contributed by atoms with Crippen molar-refractivity contribution >= 4 is 5.97 Å². The lowest BCUT2D eigenvalue weighted by molar-refractivity contribution is -0.142. The van der Waals surface area contributed by atoms with E-state index in [1.807, 2.05) is 33.8 Å². The second-order valence-corrected chi connectivity index (χ2v) is 6.76. The maximum Gasteiger partial charge on any atom is 0.331 e. The van der Waals surface area contributed by atoms with Crippen molar-refractivity contribution in [2.45, 2.75) is 66.3 Å². The van der Waals surface area contributed by atoms with Crippen molar-refractivity contribution in [2.24, 2.45) is 5.41 Å². The van der Waals surface area contributed by atoms with Crippen LogP contribution in [0.15, 0.2) is 46.6 Å². The Morgan fingerprint density at radius 2 is 2.32 bits per heavy atom. The lowest BCUT2D eigenvalue weighted by Crippen LogP contribution is -2.20. The molecule has 0 bridgehead atoms. The molecule has 0 fully saturated rings. The quantitative estimate of drug-likeness (QED) is 0.524. The van der Waals surface area contributed by atoms with Crippen LogP contribution in [-0.2, 0) is 9.53 Å². The van der Waals surface area contributed by atoms with Gasteiger partial charge in [0.05, 0.1) is 0 Å². The topological polar surface area (TPSA) is 26.3 Å². The Kier molecular flexibility index (Phi) is 3.35. The van der Waals surface area contributed by atoms with E-state index in [1.165, 1.54) is 6.08 Å². The smallest absolute Gasteiger partial charge is 0.331 e. The first-order valence-electron chi connectivity index (χ1n) is 10.2. The number of carbonyl (C=O) groups is 1. The van der Waals surface area contributed by atoms with Gasteiger partial charge in [-0.3, -0.25) is 0 Å². The zero-order chi connectivity index (χ0) is 20.6. The van der Waals surface area contributed by atoms with Crippen LogP contribution in [-0.4, -0.2) is 12.1 Å². The molecule has 2 rings (SSSR count). The molecule has 1 heterocycles. The van der Waals surface area contributed by atoms with Gasteiger partial charge in [0.2, 0.25) is 0 Å². The van der Waals surface area contributed by atoms with Crippen LogP contribution in [0.4, 0.5) is 0 Å². The summed E-state index contributed by atoms with van der Waals surface area (Å²) in [5.41, 5.74) is 1.80. The molecule has 0 aromatic carbocycles. The fraction of sp³-hybridized carbons (Fsp3) is 0.550. The summed E-state index contributed by atoms with van der Waals surface area (Å²) in [6.45, 7) is 5.15. The molecule has 0 saturated carbocycles. The molecule has 0 aromatic rings. The van der Waals surface area contributed by atoms with Gasteiger partial charge >= 0.3 is 5.97 Å². The Bertz CT molecular complexity index is 736. The minimum Gasteiger partial charge on any atom is -0.455 e. The van der Waals surface area contributed by atoms with Gasteiger partial charge in [-0.05, 0) is 57.0 Å². The first kappa shape index (κ1) is 11.0. The van der Waals surface area contributed by atoms with E-state index in [4.69, 9.17) is 11.6 Å². The Morgan fingerprint density at radius 3 is 3.00 bits per heavy atom. The lowest BCUT2D eigenvalue weighted by Gasteiger charge is -2.33. The summed E-state index contributed by atoms with van der Waals surface area (Å²) in [4.78, 5) is 11.5. The van der Waals surface area contributed by atoms with E-state index in [1.54, 1.807) is 12.2 Å². The van der Waals surface area contributed by atoms with Crippen molar-refractivity contribution in [3.8, 4) is 0 Å². The third kappa shape index (κ3) is 4.22. The van der Waals surface area contributed by atoms with Gasteiger partial charge < -0.3 is 4.74 Å². The van der Waals surface area contributed by atoms with E-state index in [2.05, 4.69) is 0 Å². The molecule has 0 amide bonds. The zero-order valence-electron chi connectivity index (χ0n) is 18.8. The van der Waals surface area contributed by atoms with Crippen LogP contribution in [0.2, 0.25) is 0 Å². The molecule has 0 radical (unpaired) electrons. The van der Waals surface area contributed by atoms with Crippen molar-refractivity contribution in [3.05, 3.63) is 46.6 Å². The number of ether oxygens (including phenoxy) is 1. The SMILES string of the molecule is [2H]C([2H])([2H])C1=C(/C=C/C(C)=C/C2CC(C)=CC(=O)O2)C(C)(C)CCC1([2H])[2H]. The van der Waals surface area contributed by atoms with Crippen molar-refractivity contribution in [2.75, 3.05) is 0 Å². The summed E-state index contributed by atoms with van der Waals surface area (Å²) in [6, 6.07) is 0. The second kappa shape index (κ2) is 6.68. The third-order valence-corrected chi connectivity index (χ3v) is 4.17. The van der Waals surface area contributed by atoms with Crippen molar-refractivity contribution in [1.82, 2.24) is 0 Å². The molecule has 22 heavy (non-hydrogen) atoms. The molecule has 2 heteroatoms. The molecule has 0 N–H and O–H groups in total. The van der Waals surface area contributed by atoms with Crippen LogP contribution in [0.1, 0.15) is 67.0 Å². The van der Waals surface area contributed by atoms with Crippen LogP contribution in [0.3, 0.4) is 0 Å². The highest BCUT2D eigenvalue weighted by molar-refractivity contribution is 5.83. The molecule has 2 nitrogen and oxygen atoms in total. The molecule has 1 atom stereocenters. The number of rotatable bonds is 3. The minimum absolute atomic E-state index is 0.0989. The van der Waals surface area contributed by atoms with E-state index in [0.29, 0.717) is 18.4 Å². The summed E-state index contributed by atoms with van der Waals surface area (Å²) < 4.78 is 45.3. The van der Waals surface area contributed by atoms with E-state index in [0.717, 1.165) is 11.1 Å². The number of allylic oxidation sites excluding steroid dienone is 5.